The van der Waals surface area contributed by atoms with Gasteiger partial charge in [-0.25, -0.2) is 4.98 Å². The van der Waals surface area contributed by atoms with Crippen LogP contribution in [-0.2, 0) is 6.54 Å². The Bertz CT molecular complexity index is 1210. The number of aryl methyl sites for hydroxylation is 1. The average Bonchev–Trinajstić information content (AvgIpc) is 3.48. The van der Waals surface area contributed by atoms with Crippen LogP contribution in [0, 0.1) is 0 Å². The first kappa shape index (κ1) is 15.6. The maximum absolute atomic E-state index is 4.63. The van der Waals surface area contributed by atoms with Gasteiger partial charge in [-0.1, -0.05) is 12.1 Å². The third-order valence-electron chi connectivity index (χ3n) is 4.85. The summed E-state index contributed by atoms with van der Waals surface area (Å²) in [7, 11) is 0. The van der Waals surface area contributed by atoms with E-state index in [0.717, 1.165) is 40.1 Å². The van der Waals surface area contributed by atoms with Crippen molar-refractivity contribution in [1.29, 1.82) is 0 Å². The number of aromatic nitrogens is 5. The molecule has 5 aromatic rings. The number of nitrogens with zero attached hydrogens (tertiary/aromatic N) is 5. The molecule has 132 valence electrons. The fourth-order valence-electron chi connectivity index (χ4n) is 3.39. The highest BCUT2D eigenvalue weighted by Gasteiger charge is 2.09. The van der Waals surface area contributed by atoms with E-state index in [0.29, 0.717) is 0 Å². The highest BCUT2D eigenvalue weighted by atomic mass is 15.3. The maximum Gasteiger partial charge on any atom is 0.100 e. The van der Waals surface area contributed by atoms with Crippen LogP contribution in [0.25, 0.3) is 33.5 Å². The van der Waals surface area contributed by atoms with Gasteiger partial charge >= 0.3 is 0 Å². The Balaban J connectivity index is 1.56. The quantitative estimate of drug-likeness (QED) is 0.470. The Morgan fingerprint density at radius 3 is 2.56 bits per heavy atom. The number of hydrogen-bond donors (Lipinski definition) is 0. The van der Waals surface area contributed by atoms with E-state index in [2.05, 4.69) is 74.8 Å². The van der Waals surface area contributed by atoms with Gasteiger partial charge in [0.15, 0.2) is 0 Å². The summed E-state index contributed by atoms with van der Waals surface area (Å²) in [6, 6.07) is 18.9. The smallest absolute Gasteiger partial charge is 0.100 e. The minimum atomic E-state index is 0.870. The van der Waals surface area contributed by atoms with Crippen molar-refractivity contribution < 1.29 is 0 Å². The fourth-order valence-corrected chi connectivity index (χ4v) is 3.39. The van der Waals surface area contributed by atoms with Crippen LogP contribution in [0.4, 0.5) is 0 Å². The van der Waals surface area contributed by atoms with Gasteiger partial charge in [-0.05, 0) is 55.0 Å². The molecule has 5 rings (SSSR count). The first-order valence-electron chi connectivity index (χ1n) is 9.05. The molecular formula is C22H19N5. The van der Waals surface area contributed by atoms with Crippen LogP contribution >= 0.6 is 0 Å². The molecule has 0 N–H and O–H groups in total. The molecule has 27 heavy (non-hydrogen) atoms. The summed E-state index contributed by atoms with van der Waals surface area (Å²) < 4.78 is 6.17. The van der Waals surface area contributed by atoms with Crippen molar-refractivity contribution in [2.24, 2.45) is 0 Å². The van der Waals surface area contributed by atoms with Gasteiger partial charge in [0.1, 0.15) is 6.33 Å². The molecule has 0 bridgehead atoms. The molecule has 0 amide bonds. The monoisotopic (exact) mass is 353 g/mol. The molecule has 0 atom stereocenters. The van der Waals surface area contributed by atoms with Crippen LogP contribution < -0.4 is 0 Å². The van der Waals surface area contributed by atoms with E-state index in [-0.39, 0.29) is 0 Å². The van der Waals surface area contributed by atoms with Crippen molar-refractivity contribution in [3.8, 4) is 22.5 Å². The van der Waals surface area contributed by atoms with Crippen LogP contribution in [0.2, 0.25) is 0 Å². The molecule has 0 saturated carbocycles. The summed E-state index contributed by atoms with van der Waals surface area (Å²) in [6.07, 6.45) is 9.96. The first-order valence-corrected chi connectivity index (χ1v) is 9.05. The van der Waals surface area contributed by atoms with Gasteiger partial charge in [0.25, 0.3) is 0 Å². The molecule has 3 heterocycles. The lowest BCUT2D eigenvalue weighted by Crippen LogP contribution is -1.95. The van der Waals surface area contributed by atoms with Crippen molar-refractivity contribution in [3.63, 3.8) is 0 Å². The lowest BCUT2D eigenvalue weighted by molar-refractivity contribution is 0.660. The Morgan fingerprint density at radius 1 is 0.889 bits per heavy atom. The largest absolute Gasteiger partial charge is 0.324 e. The molecule has 3 aromatic heterocycles. The summed E-state index contributed by atoms with van der Waals surface area (Å²) in [5, 5.41) is 4.37. The molecule has 0 unspecified atom stereocenters. The second kappa shape index (κ2) is 6.29. The van der Waals surface area contributed by atoms with E-state index in [1.807, 2.05) is 41.7 Å². The Morgan fingerprint density at radius 2 is 1.74 bits per heavy atom. The van der Waals surface area contributed by atoms with Crippen LogP contribution in [-0.4, -0.2) is 23.9 Å². The topological polar surface area (TPSA) is 40.6 Å². The predicted molar refractivity (Wildman–Crippen MR) is 107 cm³/mol. The summed E-state index contributed by atoms with van der Waals surface area (Å²) in [6.45, 7) is 2.96. The third-order valence-corrected chi connectivity index (χ3v) is 4.85. The molecule has 0 aliphatic heterocycles. The first-order chi connectivity index (χ1) is 13.3. The average molecular weight is 353 g/mol. The minimum absolute atomic E-state index is 0.870. The normalized spacial score (nSPS) is 11.3. The lowest BCUT2D eigenvalue weighted by atomic mass is 10.1. The molecule has 0 fully saturated rings. The summed E-state index contributed by atoms with van der Waals surface area (Å²) in [4.78, 5) is 4.63. The van der Waals surface area contributed by atoms with Gasteiger partial charge in [0.2, 0.25) is 0 Å². The molecule has 5 nitrogen and oxygen atoms in total. The van der Waals surface area contributed by atoms with Crippen molar-refractivity contribution >= 4 is 11.0 Å². The Hall–Kier alpha value is -3.60. The second-order valence-electron chi connectivity index (χ2n) is 6.51. The van der Waals surface area contributed by atoms with Crippen molar-refractivity contribution in [2.75, 3.05) is 0 Å². The number of fused-ring (bicyclic) bond motifs is 1. The molecule has 0 saturated heterocycles. The second-order valence-corrected chi connectivity index (χ2v) is 6.51. The van der Waals surface area contributed by atoms with Gasteiger partial charge in [-0.2, -0.15) is 5.10 Å². The summed E-state index contributed by atoms with van der Waals surface area (Å²) in [5.41, 5.74) is 6.53. The molecular weight excluding hydrogens is 334 g/mol. The molecule has 2 aromatic carbocycles. The summed E-state index contributed by atoms with van der Waals surface area (Å²) >= 11 is 0. The number of rotatable bonds is 4. The van der Waals surface area contributed by atoms with Gasteiger partial charge < -0.3 is 4.57 Å². The maximum atomic E-state index is 4.63. The fraction of sp³-hybridized carbons (Fsp3) is 0.0909. The van der Waals surface area contributed by atoms with E-state index in [4.69, 9.17) is 0 Å². The van der Waals surface area contributed by atoms with Gasteiger partial charge in [0, 0.05) is 42.1 Å². The highest BCUT2D eigenvalue weighted by molar-refractivity contribution is 5.83. The van der Waals surface area contributed by atoms with E-state index in [1.165, 1.54) is 0 Å². The van der Waals surface area contributed by atoms with Crippen LogP contribution in [0.3, 0.4) is 0 Å². The molecule has 0 aliphatic rings. The molecule has 0 radical (unpaired) electrons. The lowest BCUT2D eigenvalue weighted by Gasteiger charge is -2.08. The zero-order valence-electron chi connectivity index (χ0n) is 15.0. The number of hydrogen-bond acceptors (Lipinski definition) is 2. The Kier molecular flexibility index (Phi) is 3.64. The van der Waals surface area contributed by atoms with Crippen LogP contribution in [0.15, 0.2) is 85.7 Å². The number of benzene rings is 2. The van der Waals surface area contributed by atoms with Crippen LogP contribution in [0.5, 0.6) is 0 Å². The predicted octanol–water partition coefficient (Wildman–Crippen LogP) is 4.70. The molecule has 5 heteroatoms. The molecule has 0 spiro atoms. The van der Waals surface area contributed by atoms with Gasteiger partial charge in [-0.15, -0.1) is 0 Å². The Labute approximate surface area is 157 Å². The highest BCUT2D eigenvalue weighted by Crippen LogP contribution is 2.26. The minimum Gasteiger partial charge on any atom is -0.324 e. The van der Waals surface area contributed by atoms with Crippen LogP contribution in [0.1, 0.15) is 6.92 Å². The van der Waals surface area contributed by atoms with E-state index in [1.54, 1.807) is 0 Å². The van der Waals surface area contributed by atoms with E-state index < -0.39 is 0 Å². The number of imidazole rings is 1. The van der Waals surface area contributed by atoms with Crippen molar-refractivity contribution in [3.05, 3.63) is 85.7 Å². The third kappa shape index (κ3) is 2.73. The zero-order valence-corrected chi connectivity index (χ0v) is 15.0. The summed E-state index contributed by atoms with van der Waals surface area (Å²) in [5.74, 6) is 0. The van der Waals surface area contributed by atoms with E-state index >= 15 is 0 Å². The van der Waals surface area contributed by atoms with Gasteiger partial charge in [-0.3, -0.25) is 9.25 Å². The van der Waals surface area contributed by atoms with E-state index in [9.17, 15) is 0 Å². The molecule has 0 aliphatic carbocycles. The SMILES string of the molecule is CCn1cc(-c2ccc3c(c2)ncn3-c2cccc(-n3cccc3)c2)cn1. The standard InChI is InChI=1S/C22H19N5/c1-2-26-15-18(14-24-26)17-8-9-22-21(12-17)23-16-27(22)20-7-5-6-19(13-20)25-10-3-4-11-25/h3-16H,2H2,1H3. The zero-order chi connectivity index (χ0) is 18.2. The van der Waals surface area contributed by atoms with Crippen molar-refractivity contribution in [1.82, 2.24) is 23.9 Å². The van der Waals surface area contributed by atoms with Crippen molar-refractivity contribution in [2.45, 2.75) is 13.5 Å². The van der Waals surface area contributed by atoms with Gasteiger partial charge in [0.05, 0.1) is 17.2 Å².